The van der Waals surface area contributed by atoms with E-state index in [0.29, 0.717) is 0 Å². The van der Waals surface area contributed by atoms with Crippen molar-refractivity contribution in [2.75, 3.05) is 26.2 Å². The molecule has 0 aromatic carbocycles. The lowest BCUT2D eigenvalue weighted by molar-refractivity contribution is 0.0970. The Morgan fingerprint density at radius 3 is 2.31 bits per heavy atom. The van der Waals surface area contributed by atoms with Gasteiger partial charge in [0.1, 0.15) is 0 Å². The lowest BCUT2D eigenvalue weighted by atomic mass is 9.77. The SMILES string of the molecule is CC(CCN)CN1CCC2(CCCC2)CC1. The van der Waals surface area contributed by atoms with Crippen LogP contribution in [0.15, 0.2) is 0 Å². The van der Waals surface area contributed by atoms with E-state index in [4.69, 9.17) is 5.73 Å². The van der Waals surface area contributed by atoms with Gasteiger partial charge in [-0.1, -0.05) is 19.8 Å². The highest BCUT2D eigenvalue weighted by atomic mass is 15.1. The van der Waals surface area contributed by atoms with Crippen LogP contribution in [0.4, 0.5) is 0 Å². The molecule has 2 N–H and O–H groups in total. The Bertz CT molecular complexity index is 199. The highest BCUT2D eigenvalue weighted by Gasteiger charge is 2.36. The second kappa shape index (κ2) is 5.50. The van der Waals surface area contributed by atoms with E-state index in [9.17, 15) is 0 Å². The molecule has 1 spiro atoms. The van der Waals surface area contributed by atoms with Crippen LogP contribution < -0.4 is 5.73 Å². The molecule has 0 amide bonds. The summed E-state index contributed by atoms with van der Waals surface area (Å²) in [5.41, 5.74) is 6.38. The quantitative estimate of drug-likeness (QED) is 0.795. The van der Waals surface area contributed by atoms with E-state index < -0.39 is 0 Å². The molecular formula is C14H28N2. The Morgan fingerprint density at radius 2 is 1.75 bits per heavy atom. The van der Waals surface area contributed by atoms with Gasteiger partial charge in [0.2, 0.25) is 0 Å². The summed E-state index contributed by atoms with van der Waals surface area (Å²) in [7, 11) is 0. The van der Waals surface area contributed by atoms with Gasteiger partial charge in [0.05, 0.1) is 0 Å². The van der Waals surface area contributed by atoms with Crippen molar-refractivity contribution in [1.82, 2.24) is 4.90 Å². The molecule has 0 aromatic heterocycles. The van der Waals surface area contributed by atoms with Crippen LogP contribution in [-0.4, -0.2) is 31.1 Å². The van der Waals surface area contributed by atoms with E-state index in [0.717, 1.165) is 17.9 Å². The van der Waals surface area contributed by atoms with Gasteiger partial charge < -0.3 is 10.6 Å². The lowest BCUT2D eigenvalue weighted by Crippen LogP contribution is -2.41. The standard InChI is InChI=1S/C14H28N2/c1-13(4-9-15)12-16-10-7-14(8-11-16)5-2-3-6-14/h13H,2-12,15H2,1H3. The van der Waals surface area contributed by atoms with Crippen molar-refractivity contribution in [3.8, 4) is 0 Å². The normalized spacial score (nSPS) is 27.4. The molecule has 1 aliphatic heterocycles. The highest BCUT2D eigenvalue weighted by Crippen LogP contribution is 2.46. The van der Waals surface area contributed by atoms with Gasteiger partial charge in [0.25, 0.3) is 0 Å². The molecule has 2 aliphatic rings. The number of nitrogens with two attached hydrogens (primary N) is 1. The molecule has 1 aliphatic carbocycles. The van der Waals surface area contributed by atoms with E-state index in [1.165, 1.54) is 64.6 Å². The summed E-state index contributed by atoms with van der Waals surface area (Å²) in [6, 6.07) is 0. The number of piperidine rings is 1. The Balaban J connectivity index is 1.72. The summed E-state index contributed by atoms with van der Waals surface area (Å²) in [5, 5.41) is 0. The Hall–Kier alpha value is -0.0800. The van der Waals surface area contributed by atoms with Gasteiger partial charge in [0, 0.05) is 6.54 Å². The van der Waals surface area contributed by atoms with Crippen LogP contribution in [-0.2, 0) is 0 Å². The molecule has 2 nitrogen and oxygen atoms in total. The van der Waals surface area contributed by atoms with E-state index in [1.807, 2.05) is 0 Å². The number of hydrogen-bond acceptors (Lipinski definition) is 2. The first-order valence-corrected chi connectivity index (χ1v) is 7.16. The van der Waals surface area contributed by atoms with Gasteiger partial charge in [0.15, 0.2) is 0 Å². The van der Waals surface area contributed by atoms with Crippen molar-refractivity contribution in [2.24, 2.45) is 17.1 Å². The zero-order valence-corrected chi connectivity index (χ0v) is 10.9. The fraction of sp³-hybridized carbons (Fsp3) is 1.00. The van der Waals surface area contributed by atoms with Gasteiger partial charge in [-0.05, 0) is 63.1 Å². The lowest BCUT2D eigenvalue weighted by Gasteiger charge is -2.40. The first kappa shape index (κ1) is 12.4. The summed E-state index contributed by atoms with van der Waals surface area (Å²) < 4.78 is 0. The maximum Gasteiger partial charge on any atom is 0.000750 e. The molecule has 1 saturated heterocycles. The first-order valence-electron chi connectivity index (χ1n) is 7.16. The number of likely N-dealkylation sites (tertiary alicyclic amines) is 1. The average Bonchev–Trinajstić information content (AvgIpc) is 2.71. The largest absolute Gasteiger partial charge is 0.330 e. The van der Waals surface area contributed by atoms with E-state index in [-0.39, 0.29) is 0 Å². The van der Waals surface area contributed by atoms with Crippen molar-refractivity contribution in [3.05, 3.63) is 0 Å². The Kier molecular flexibility index (Phi) is 4.26. The van der Waals surface area contributed by atoms with E-state index in [2.05, 4.69) is 11.8 Å². The monoisotopic (exact) mass is 224 g/mol. The minimum absolute atomic E-state index is 0.771. The predicted octanol–water partition coefficient (Wildman–Crippen LogP) is 2.63. The van der Waals surface area contributed by atoms with Gasteiger partial charge in [-0.3, -0.25) is 0 Å². The topological polar surface area (TPSA) is 29.3 Å². The molecule has 1 heterocycles. The molecule has 94 valence electrons. The maximum atomic E-state index is 5.61. The molecule has 0 aromatic rings. The molecule has 2 fully saturated rings. The molecule has 2 rings (SSSR count). The van der Waals surface area contributed by atoms with E-state index >= 15 is 0 Å². The zero-order chi connectivity index (χ0) is 11.4. The van der Waals surface area contributed by atoms with Crippen LogP contribution in [0.1, 0.15) is 51.9 Å². The fourth-order valence-corrected chi connectivity index (χ4v) is 3.65. The van der Waals surface area contributed by atoms with Crippen molar-refractivity contribution in [2.45, 2.75) is 51.9 Å². The Labute approximate surface area is 101 Å². The molecular weight excluding hydrogens is 196 g/mol. The third kappa shape index (κ3) is 2.98. The molecule has 1 atom stereocenters. The number of nitrogens with zero attached hydrogens (tertiary/aromatic N) is 1. The number of rotatable bonds is 4. The first-order chi connectivity index (χ1) is 7.74. The highest BCUT2D eigenvalue weighted by molar-refractivity contribution is 4.89. The summed E-state index contributed by atoms with van der Waals surface area (Å²) >= 11 is 0. The van der Waals surface area contributed by atoms with Gasteiger partial charge in [-0.15, -0.1) is 0 Å². The molecule has 1 saturated carbocycles. The molecule has 0 radical (unpaired) electrons. The Morgan fingerprint density at radius 1 is 1.12 bits per heavy atom. The second-order valence-corrected chi connectivity index (χ2v) is 6.19. The van der Waals surface area contributed by atoms with Crippen molar-refractivity contribution < 1.29 is 0 Å². The molecule has 1 unspecified atom stereocenters. The fourth-order valence-electron chi connectivity index (χ4n) is 3.65. The minimum Gasteiger partial charge on any atom is -0.330 e. The van der Waals surface area contributed by atoms with Gasteiger partial charge >= 0.3 is 0 Å². The maximum absolute atomic E-state index is 5.61. The summed E-state index contributed by atoms with van der Waals surface area (Å²) in [4.78, 5) is 2.67. The van der Waals surface area contributed by atoms with Crippen LogP contribution in [0.5, 0.6) is 0 Å². The third-order valence-electron chi connectivity index (χ3n) is 4.81. The van der Waals surface area contributed by atoms with Crippen molar-refractivity contribution in [1.29, 1.82) is 0 Å². The van der Waals surface area contributed by atoms with Crippen LogP contribution in [0.25, 0.3) is 0 Å². The smallest absolute Gasteiger partial charge is 0.000750 e. The van der Waals surface area contributed by atoms with Crippen molar-refractivity contribution in [3.63, 3.8) is 0 Å². The molecule has 2 heteroatoms. The number of hydrogen-bond donors (Lipinski definition) is 1. The average molecular weight is 224 g/mol. The van der Waals surface area contributed by atoms with Crippen LogP contribution >= 0.6 is 0 Å². The summed E-state index contributed by atoms with van der Waals surface area (Å²) in [5.74, 6) is 0.780. The van der Waals surface area contributed by atoms with E-state index in [1.54, 1.807) is 0 Å². The zero-order valence-electron chi connectivity index (χ0n) is 10.9. The minimum atomic E-state index is 0.771. The third-order valence-corrected chi connectivity index (χ3v) is 4.81. The van der Waals surface area contributed by atoms with Crippen LogP contribution in [0, 0.1) is 11.3 Å². The molecule has 0 bridgehead atoms. The van der Waals surface area contributed by atoms with Gasteiger partial charge in [-0.25, -0.2) is 0 Å². The summed E-state index contributed by atoms with van der Waals surface area (Å²) in [6.45, 7) is 7.14. The second-order valence-electron chi connectivity index (χ2n) is 6.19. The van der Waals surface area contributed by atoms with Crippen LogP contribution in [0.2, 0.25) is 0 Å². The predicted molar refractivity (Wildman–Crippen MR) is 69.4 cm³/mol. The van der Waals surface area contributed by atoms with Crippen molar-refractivity contribution >= 4 is 0 Å². The van der Waals surface area contributed by atoms with Gasteiger partial charge in [-0.2, -0.15) is 0 Å². The van der Waals surface area contributed by atoms with Crippen LogP contribution in [0.3, 0.4) is 0 Å². The summed E-state index contributed by atoms with van der Waals surface area (Å²) in [6.07, 6.45) is 10.1. The molecule has 16 heavy (non-hydrogen) atoms.